The van der Waals surface area contributed by atoms with Crippen LogP contribution in [0.2, 0.25) is 0 Å². The minimum atomic E-state index is 0.898. The molecule has 0 spiro atoms. The summed E-state index contributed by atoms with van der Waals surface area (Å²) in [4.78, 5) is 24.8. The molecule has 0 fully saturated rings. The number of nitrogens with zero attached hydrogens (tertiary/aromatic N) is 6. The quantitative estimate of drug-likeness (QED) is 0.0384. The molecule has 0 radical (unpaired) electrons. The van der Waals surface area contributed by atoms with Crippen molar-refractivity contribution in [3.63, 3.8) is 0 Å². The van der Waals surface area contributed by atoms with Gasteiger partial charge in [0.2, 0.25) is 0 Å². The van der Waals surface area contributed by atoms with Gasteiger partial charge in [-0.3, -0.25) is 9.80 Å². The Kier molecular flexibility index (Phi) is 24.1. The fraction of sp³-hybridized carbons (Fsp3) is 0.552. The maximum absolute atomic E-state index is 5.06. The van der Waals surface area contributed by atoms with Gasteiger partial charge in [0.1, 0.15) is 23.3 Å². The summed E-state index contributed by atoms with van der Waals surface area (Å²) in [5, 5.41) is 0. The van der Waals surface area contributed by atoms with Crippen molar-refractivity contribution in [2.24, 2.45) is 0 Å². The van der Waals surface area contributed by atoms with Crippen molar-refractivity contribution in [3.05, 3.63) is 120 Å². The van der Waals surface area contributed by atoms with E-state index in [4.69, 9.17) is 19.9 Å². The third-order valence-corrected chi connectivity index (χ3v) is 12.8. The lowest BCUT2D eigenvalue weighted by atomic mass is 10.0. The highest BCUT2D eigenvalue weighted by Gasteiger charge is 2.21. The van der Waals surface area contributed by atoms with Crippen molar-refractivity contribution in [2.75, 3.05) is 9.80 Å². The van der Waals surface area contributed by atoms with E-state index in [1.807, 2.05) is 24.8 Å². The Morgan fingerprint density at radius 3 is 0.812 bits per heavy atom. The van der Waals surface area contributed by atoms with E-state index in [9.17, 15) is 0 Å². The van der Waals surface area contributed by atoms with Crippen LogP contribution in [-0.4, -0.2) is 19.9 Å². The van der Waals surface area contributed by atoms with E-state index in [1.165, 1.54) is 176 Å². The van der Waals surface area contributed by atoms with Crippen LogP contribution in [0, 0.1) is 0 Å². The van der Waals surface area contributed by atoms with E-state index in [0.717, 1.165) is 60.3 Å². The van der Waals surface area contributed by atoms with Gasteiger partial charge in [-0.1, -0.05) is 162 Å². The predicted octanol–water partition coefficient (Wildman–Crippen LogP) is 17.8. The first-order valence-corrected chi connectivity index (χ1v) is 26.1. The molecule has 0 N–H and O–H groups in total. The summed E-state index contributed by atoms with van der Waals surface area (Å²) in [7, 11) is 0. The van der Waals surface area contributed by atoms with Crippen molar-refractivity contribution in [2.45, 2.75) is 207 Å². The maximum Gasteiger partial charge on any atom is 0.138 e. The third kappa shape index (κ3) is 17.8. The molecule has 0 aliphatic rings. The number of anilines is 6. The van der Waals surface area contributed by atoms with Gasteiger partial charge in [-0.15, -0.1) is 0 Å². The monoisotopic (exact) mass is 865 g/mol. The number of rotatable bonds is 34. The fourth-order valence-corrected chi connectivity index (χ4v) is 8.93. The van der Waals surface area contributed by atoms with Crippen LogP contribution < -0.4 is 9.80 Å². The minimum absolute atomic E-state index is 0.898. The van der Waals surface area contributed by atoms with E-state index in [1.54, 1.807) is 0 Å². The van der Waals surface area contributed by atoms with E-state index in [0.29, 0.717) is 0 Å². The highest BCUT2D eigenvalue weighted by Crippen LogP contribution is 2.39. The number of benzene rings is 1. The maximum atomic E-state index is 5.06. The van der Waals surface area contributed by atoms with Crippen LogP contribution in [0.5, 0.6) is 0 Å². The number of pyridine rings is 4. The smallest absolute Gasteiger partial charge is 0.138 e. The first-order chi connectivity index (χ1) is 31.6. The second-order valence-electron chi connectivity index (χ2n) is 18.4. The molecule has 1 aromatic carbocycles. The van der Waals surface area contributed by atoms with Crippen molar-refractivity contribution in [1.29, 1.82) is 0 Å². The van der Waals surface area contributed by atoms with Crippen LogP contribution in [-0.2, 0) is 25.7 Å². The van der Waals surface area contributed by atoms with Gasteiger partial charge in [-0.05, 0) is 140 Å². The molecule has 0 aliphatic heterocycles. The third-order valence-electron chi connectivity index (χ3n) is 12.8. The standard InChI is InChI=1S/C58H84N6/c1-5-9-13-17-21-25-30-49-36-40-59-55(44-49)63(56-45-50(37-41-60-56)31-26-22-18-14-10-6-2)53-34-29-35-54(48-53)64(57-46-51(38-42-61-57)32-27-23-19-15-11-7-3)58-47-52(39-43-62-58)33-28-24-20-16-12-8-4/h29,34-48H,5-28,30-33H2,1-4H3. The average Bonchev–Trinajstić information content (AvgIpc) is 3.32. The van der Waals surface area contributed by atoms with Gasteiger partial charge in [0, 0.05) is 24.8 Å². The molecule has 346 valence electrons. The highest BCUT2D eigenvalue weighted by molar-refractivity contribution is 5.80. The first kappa shape index (κ1) is 50.4. The lowest BCUT2D eigenvalue weighted by Crippen LogP contribution is -2.16. The topological polar surface area (TPSA) is 58.0 Å². The molecule has 6 heteroatoms. The van der Waals surface area contributed by atoms with Crippen molar-refractivity contribution >= 4 is 34.6 Å². The second-order valence-corrected chi connectivity index (χ2v) is 18.4. The Hall–Kier alpha value is -4.58. The van der Waals surface area contributed by atoms with E-state index < -0.39 is 0 Å². The van der Waals surface area contributed by atoms with E-state index in [-0.39, 0.29) is 0 Å². The lowest BCUT2D eigenvalue weighted by Gasteiger charge is -2.28. The van der Waals surface area contributed by atoms with Gasteiger partial charge < -0.3 is 0 Å². The van der Waals surface area contributed by atoms with Gasteiger partial charge in [-0.25, -0.2) is 19.9 Å². The van der Waals surface area contributed by atoms with Gasteiger partial charge in [0.25, 0.3) is 0 Å². The van der Waals surface area contributed by atoms with Gasteiger partial charge in [0.15, 0.2) is 0 Å². The molecule has 6 nitrogen and oxygen atoms in total. The van der Waals surface area contributed by atoms with E-state index in [2.05, 4.69) is 110 Å². The Morgan fingerprint density at radius 2 is 0.547 bits per heavy atom. The SMILES string of the molecule is CCCCCCCCc1ccnc(N(c2cccc(N(c3cc(CCCCCCCC)ccn3)c3cc(CCCCCCCC)ccn3)c2)c2cc(CCCCCCCC)ccn2)c1. The summed E-state index contributed by atoms with van der Waals surface area (Å²) in [5.41, 5.74) is 7.33. The zero-order valence-electron chi connectivity index (χ0n) is 40.7. The molecule has 0 atom stereocenters. The molecule has 5 aromatic rings. The molecule has 0 unspecified atom stereocenters. The lowest BCUT2D eigenvalue weighted by molar-refractivity contribution is 0.607. The zero-order chi connectivity index (χ0) is 44.9. The molecule has 4 heterocycles. The molecule has 0 saturated carbocycles. The fourth-order valence-electron chi connectivity index (χ4n) is 8.93. The van der Waals surface area contributed by atoms with E-state index >= 15 is 0 Å². The van der Waals surface area contributed by atoms with Crippen LogP contribution >= 0.6 is 0 Å². The van der Waals surface area contributed by atoms with Crippen LogP contribution in [0.3, 0.4) is 0 Å². The van der Waals surface area contributed by atoms with Crippen LogP contribution in [0.15, 0.2) is 97.6 Å². The Morgan fingerprint density at radius 1 is 0.297 bits per heavy atom. The molecule has 0 amide bonds. The Bertz CT molecular complexity index is 1730. The summed E-state index contributed by atoms with van der Waals surface area (Å²) in [6.45, 7) is 9.15. The zero-order valence-corrected chi connectivity index (χ0v) is 40.7. The minimum Gasteiger partial charge on any atom is -0.279 e. The number of hydrogen-bond donors (Lipinski definition) is 0. The van der Waals surface area contributed by atoms with Crippen LogP contribution in [0.25, 0.3) is 0 Å². The van der Waals surface area contributed by atoms with Crippen molar-refractivity contribution in [1.82, 2.24) is 19.9 Å². The molecular formula is C58H84N6. The molecule has 64 heavy (non-hydrogen) atoms. The van der Waals surface area contributed by atoms with Crippen LogP contribution in [0.4, 0.5) is 34.6 Å². The number of aryl methyl sites for hydroxylation is 4. The summed E-state index contributed by atoms with van der Waals surface area (Å²) in [5.74, 6) is 3.59. The number of hydrogen-bond acceptors (Lipinski definition) is 6. The molecule has 0 bridgehead atoms. The number of unbranched alkanes of at least 4 members (excludes halogenated alkanes) is 20. The van der Waals surface area contributed by atoms with Gasteiger partial charge in [-0.2, -0.15) is 0 Å². The van der Waals surface area contributed by atoms with Crippen LogP contribution in [0.1, 0.15) is 204 Å². The highest BCUT2D eigenvalue weighted by atomic mass is 15.3. The molecule has 4 aromatic heterocycles. The predicted molar refractivity (Wildman–Crippen MR) is 275 cm³/mol. The Balaban J connectivity index is 1.50. The summed E-state index contributed by atoms with van der Waals surface area (Å²) >= 11 is 0. The molecule has 5 rings (SSSR count). The molecule has 0 aliphatic carbocycles. The number of aromatic nitrogens is 4. The normalized spacial score (nSPS) is 11.3. The first-order valence-electron chi connectivity index (χ1n) is 26.1. The summed E-state index contributed by atoms with van der Waals surface area (Å²) in [6, 6.07) is 26.8. The van der Waals surface area contributed by atoms with Crippen molar-refractivity contribution in [3.8, 4) is 0 Å². The largest absolute Gasteiger partial charge is 0.279 e. The summed E-state index contributed by atoms with van der Waals surface area (Å²) in [6.07, 6.45) is 43.0. The molecular weight excluding hydrogens is 781 g/mol. The molecule has 0 saturated heterocycles. The average molecular weight is 865 g/mol. The van der Waals surface area contributed by atoms with Crippen molar-refractivity contribution < 1.29 is 0 Å². The van der Waals surface area contributed by atoms with Gasteiger partial charge >= 0.3 is 0 Å². The second kappa shape index (κ2) is 30.5. The summed E-state index contributed by atoms with van der Waals surface area (Å²) < 4.78 is 0. The van der Waals surface area contributed by atoms with Gasteiger partial charge in [0.05, 0.1) is 11.4 Å². The Labute approximate surface area is 390 Å².